The smallest absolute Gasteiger partial charge is 0.305 e. The third kappa shape index (κ3) is 9.61. The van der Waals surface area contributed by atoms with Gasteiger partial charge in [0.05, 0.1) is 36.7 Å². The second-order valence-corrected chi connectivity index (χ2v) is 13.7. The average molecular weight is 589 g/mol. The SMILES string of the molecule is CC(C)(C)CC(NC(CO)c1ccc2ncccc2c1)C(=O)N1CCCC1C(=O)NC(C=CS(C)(=O)=O)CC(=O)O. The predicted octanol–water partition coefficient (Wildman–Crippen LogP) is 2.17. The number of carbonyl (C=O) groups is 3. The lowest BCUT2D eigenvalue weighted by Gasteiger charge is -2.34. The van der Waals surface area contributed by atoms with Gasteiger partial charge in [-0.15, -0.1) is 0 Å². The van der Waals surface area contributed by atoms with Crippen LogP contribution in [0, 0.1) is 5.41 Å². The molecule has 1 aromatic carbocycles. The van der Waals surface area contributed by atoms with Gasteiger partial charge < -0.3 is 20.4 Å². The Labute approximate surface area is 240 Å². The lowest BCUT2D eigenvalue weighted by Crippen LogP contribution is -2.55. The Morgan fingerprint density at radius 2 is 1.95 bits per heavy atom. The van der Waals surface area contributed by atoms with Gasteiger partial charge in [-0.25, -0.2) is 8.42 Å². The molecular weight excluding hydrogens is 548 g/mol. The third-order valence-electron chi connectivity index (χ3n) is 6.85. The molecule has 0 aliphatic carbocycles. The molecule has 4 atom stereocenters. The van der Waals surface area contributed by atoms with E-state index in [1.54, 1.807) is 6.20 Å². The molecule has 2 amide bonds. The lowest BCUT2D eigenvalue weighted by atomic mass is 9.87. The summed E-state index contributed by atoms with van der Waals surface area (Å²) in [6, 6.07) is 6.24. The molecule has 1 aliphatic heterocycles. The number of carboxylic acid groups (broad SMARTS) is 1. The van der Waals surface area contributed by atoms with Gasteiger partial charge in [-0.05, 0) is 48.4 Å². The Hall–Kier alpha value is -3.35. The Balaban J connectivity index is 1.83. The molecule has 0 spiro atoms. The summed E-state index contributed by atoms with van der Waals surface area (Å²) >= 11 is 0. The van der Waals surface area contributed by atoms with Crippen molar-refractivity contribution in [3.63, 3.8) is 0 Å². The highest BCUT2D eigenvalue weighted by atomic mass is 32.2. The van der Waals surface area contributed by atoms with Crippen LogP contribution >= 0.6 is 0 Å². The van der Waals surface area contributed by atoms with Crippen LogP contribution in [0.25, 0.3) is 10.9 Å². The number of carboxylic acids is 1. The van der Waals surface area contributed by atoms with Gasteiger partial charge in [0, 0.05) is 29.8 Å². The minimum absolute atomic E-state index is 0.257. The van der Waals surface area contributed by atoms with Gasteiger partial charge >= 0.3 is 5.97 Å². The summed E-state index contributed by atoms with van der Waals surface area (Å²) < 4.78 is 23.1. The van der Waals surface area contributed by atoms with E-state index in [0.29, 0.717) is 25.8 Å². The molecule has 1 aliphatic rings. The number of carbonyl (C=O) groups excluding carboxylic acids is 2. The zero-order chi connectivity index (χ0) is 30.4. The summed E-state index contributed by atoms with van der Waals surface area (Å²) in [5, 5.41) is 27.2. The number of aliphatic hydroxyl groups is 1. The van der Waals surface area contributed by atoms with Crippen LogP contribution in [0.1, 0.15) is 58.1 Å². The molecule has 2 aromatic rings. The summed E-state index contributed by atoms with van der Waals surface area (Å²) in [5.41, 5.74) is 1.35. The van der Waals surface area contributed by atoms with Gasteiger partial charge in [-0.3, -0.25) is 24.7 Å². The van der Waals surface area contributed by atoms with Crippen molar-refractivity contribution in [3.05, 3.63) is 53.6 Å². The molecule has 4 unspecified atom stereocenters. The fourth-order valence-electron chi connectivity index (χ4n) is 5.01. The van der Waals surface area contributed by atoms with Crippen LogP contribution in [-0.4, -0.2) is 83.8 Å². The number of likely N-dealkylation sites (tertiary alicyclic amines) is 1. The van der Waals surface area contributed by atoms with Gasteiger partial charge in [0.15, 0.2) is 9.84 Å². The van der Waals surface area contributed by atoms with E-state index in [0.717, 1.165) is 34.2 Å². The number of rotatable bonds is 12. The number of sulfone groups is 1. The molecule has 41 heavy (non-hydrogen) atoms. The summed E-state index contributed by atoms with van der Waals surface area (Å²) in [6.07, 6.45) is 4.70. The summed E-state index contributed by atoms with van der Waals surface area (Å²) in [5.74, 6) is -2.04. The molecule has 1 saturated heterocycles. The van der Waals surface area contributed by atoms with Crippen LogP contribution in [0.15, 0.2) is 48.0 Å². The molecule has 11 nitrogen and oxygen atoms in total. The summed E-state index contributed by atoms with van der Waals surface area (Å²) in [6.45, 7) is 6.09. The normalized spacial score (nSPS) is 18.4. The van der Waals surface area contributed by atoms with E-state index in [-0.39, 0.29) is 17.9 Å². The number of hydrogen-bond acceptors (Lipinski definition) is 8. The highest BCUT2D eigenvalue weighted by molar-refractivity contribution is 7.93. The Morgan fingerprint density at radius 1 is 1.22 bits per heavy atom. The van der Waals surface area contributed by atoms with Crippen LogP contribution < -0.4 is 10.6 Å². The number of aliphatic hydroxyl groups excluding tert-OH is 1. The Bertz CT molecular complexity index is 1390. The fourth-order valence-corrected chi connectivity index (χ4v) is 5.49. The Morgan fingerprint density at radius 3 is 2.59 bits per heavy atom. The Kier molecular flexibility index (Phi) is 10.6. The molecule has 1 aromatic heterocycles. The predicted molar refractivity (Wildman–Crippen MR) is 155 cm³/mol. The van der Waals surface area contributed by atoms with Crippen molar-refractivity contribution in [3.8, 4) is 0 Å². The van der Waals surface area contributed by atoms with Gasteiger partial charge in [0.25, 0.3) is 0 Å². The van der Waals surface area contributed by atoms with E-state index in [9.17, 15) is 33.0 Å². The number of nitrogens with one attached hydrogen (secondary N) is 2. The zero-order valence-electron chi connectivity index (χ0n) is 23.9. The summed E-state index contributed by atoms with van der Waals surface area (Å²) in [7, 11) is -3.53. The minimum Gasteiger partial charge on any atom is -0.481 e. The molecule has 2 heterocycles. The van der Waals surface area contributed by atoms with Crippen LogP contribution in [-0.2, 0) is 24.2 Å². The largest absolute Gasteiger partial charge is 0.481 e. The average Bonchev–Trinajstić information content (AvgIpc) is 3.38. The number of hydrogen-bond donors (Lipinski definition) is 4. The van der Waals surface area contributed by atoms with E-state index < -0.39 is 52.3 Å². The van der Waals surface area contributed by atoms with E-state index >= 15 is 0 Å². The standard InChI is InChI=1S/C29H40N4O7S/c1-29(2,3)17-23(32-24(18-34)20-9-10-22-19(15-20)7-5-12-30-22)28(38)33-13-6-8-25(33)27(37)31-21(16-26(35)36)11-14-41(4,39)40/h5,7,9-12,14-15,21,23-25,32,34H,6,8,13,16-18H2,1-4H3,(H,31,37)(H,35,36). The van der Waals surface area contributed by atoms with Crippen LogP contribution in [0.3, 0.4) is 0 Å². The quantitative estimate of drug-likeness (QED) is 0.291. The van der Waals surface area contributed by atoms with Crippen LogP contribution in [0.5, 0.6) is 0 Å². The molecular formula is C29H40N4O7S. The number of aromatic nitrogens is 1. The highest BCUT2D eigenvalue weighted by Crippen LogP contribution is 2.28. The minimum atomic E-state index is -3.53. The first-order valence-electron chi connectivity index (χ1n) is 13.6. The van der Waals surface area contributed by atoms with Gasteiger partial charge in [0.1, 0.15) is 6.04 Å². The number of nitrogens with zero attached hydrogens (tertiary/aromatic N) is 2. The molecule has 0 saturated carbocycles. The molecule has 224 valence electrons. The van der Waals surface area contributed by atoms with E-state index in [2.05, 4.69) is 15.6 Å². The van der Waals surface area contributed by atoms with Gasteiger partial charge in [0.2, 0.25) is 11.8 Å². The van der Waals surface area contributed by atoms with Gasteiger partial charge in [-0.1, -0.05) is 39.0 Å². The number of fused-ring (bicyclic) bond motifs is 1. The molecule has 1 fully saturated rings. The van der Waals surface area contributed by atoms with Crippen molar-refractivity contribution in [2.45, 2.75) is 70.6 Å². The first kappa shape index (κ1) is 32.2. The topological polar surface area (TPSA) is 166 Å². The van der Waals surface area contributed by atoms with Crippen molar-refractivity contribution >= 4 is 38.5 Å². The number of aliphatic carboxylic acids is 1. The summed E-state index contributed by atoms with van der Waals surface area (Å²) in [4.78, 5) is 44.4. The van der Waals surface area contributed by atoms with Crippen molar-refractivity contribution in [2.75, 3.05) is 19.4 Å². The van der Waals surface area contributed by atoms with Gasteiger partial charge in [-0.2, -0.15) is 0 Å². The number of benzene rings is 1. The first-order chi connectivity index (χ1) is 19.2. The molecule has 0 bridgehead atoms. The molecule has 12 heteroatoms. The second-order valence-electron chi connectivity index (χ2n) is 11.7. The maximum absolute atomic E-state index is 14.0. The van der Waals surface area contributed by atoms with Crippen molar-refractivity contribution < 1.29 is 33.0 Å². The van der Waals surface area contributed by atoms with Crippen molar-refractivity contribution in [2.24, 2.45) is 5.41 Å². The molecule has 3 rings (SSSR count). The van der Waals surface area contributed by atoms with E-state index in [4.69, 9.17) is 0 Å². The van der Waals surface area contributed by atoms with Crippen molar-refractivity contribution in [1.29, 1.82) is 0 Å². The molecule has 0 radical (unpaired) electrons. The van der Waals surface area contributed by atoms with Crippen LogP contribution in [0.2, 0.25) is 0 Å². The van der Waals surface area contributed by atoms with Crippen LogP contribution in [0.4, 0.5) is 0 Å². The zero-order valence-corrected chi connectivity index (χ0v) is 24.7. The maximum Gasteiger partial charge on any atom is 0.305 e. The number of pyridine rings is 1. The third-order valence-corrected chi connectivity index (χ3v) is 7.50. The highest BCUT2D eigenvalue weighted by Gasteiger charge is 2.39. The first-order valence-corrected chi connectivity index (χ1v) is 15.5. The monoisotopic (exact) mass is 588 g/mol. The lowest BCUT2D eigenvalue weighted by molar-refractivity contribution is -0.141. The maximum atomic E-state index is 14.0. The number of amides is 2. The van der Waals surface area contributed by atoms with Crippen molar-refractivity contribution in [1.82, 2.24) is 20.5 Å². The van der Waals surface area contributed by atoms with E-state index in [1.165, 1.54) is 4.90 Å². The van der Waals surface area contributed by atoms with E-state index in [1.807, 2.05) is 51.1 Å². The fraction of sp³-hybridized carbons (Fsp3) is 0.517. The second kappa shape index (κ2) is 13.5. The molecule has 4 N–H and O–H groups in total.